The number of aromatic carboxylic acids is 1. The number of rotatable bonds is 4. The molecule has 4 aromatic rings. The van der Waals surface area contributed by atoms with Crippen molar-refractivity contribution in [2.24, 2.45) is 0 Å². The third-order valence-electron chi connectivity index (χ3n) is 4.28. The molecule has 2 aromatic heterocycles. The van der Waals surface area contributed by atoms with Gasteiger partial charge in [-0.15, -0.1) is 11.3 Å². The van der Waals surface area contributed by atoms with Gasteiger partial charge in [-0.2, -0.15) is 10.4 Å². The maximum atomic E-state index is 12.7. The zero-order chi connectivity index (χ0) is 20.5. The number of aromatic nitrogens is 3. The van der Waals surface area contributed by atoms with Gasteiger partial charge in [0.1, 0.15) is 29.0 Å². The molecule has 142 valence electrons. The number of carboxylic acids is 1. The second kappa shape index (κ2) is 7.18. The normalized spacial score (nSPS) is 12.0. The van der Waals surface area contributed by atoms with Crippen LogP contribution in [0.5, 0.6) is 0 Å². The molecule has 0 amide bonds. The smallest absolute Gasteiger partial charge is 0.357 e. The molecule has 0 unspecified atom stereocenters. The Hall–Kier alpha value is -4.03. The summed E-state index contributed by atoms with van der Waals surface area (Å²) in [5.41, 5.74) is -0.294. The van der Waals surface area contributed by atoms with E-state index in [-0.39, 0.29) is 22.0 Å². The third kappa shape index (κ3) is 3.22. The molecule has 0 aliphatic carbocycles. The maximum absolute atomic E-state index is 12.7. The third-order valence-corrected chi connectivity index (χ3v) is 5.33. The minimum absolute atomic E-state index is 0.0927. The Labute approximate surface area is 167 Å². The van der Waals surface area contributed by atoms with Crippen LogP contribution in [-0.2, 0) is 6.54 Å². The number of allylic oxidation sites excluding steroid dienone is 2. The highest BCUT2D eigenvalue weighted by atomic mass is 32.1. The number of hydrogen-bond donors (Lipinski definition) is 2. The molecule has 4 rings (SSSR count). The second-order valence-corrected chi connectivity index (χ2v) is 7.11. The van der Waals surface area contributed by atoms with Crippen molar-refractivity contribution in [2.75, 3.05) is 0 Å². The van der Waals surface area contributed by atoms with Crippen molar-refractivity contribution in [1.82, 2.24) is 14.8 Å². The van der Waals surface area contributed by atoms with Gasteiger partial charge in [0, 0.05) is 5.39 Å². The molecule has 0 saturated carbocycles. The molecule has 0 bridgehead atoms. The Balaban J connectivity index is 1.84. The van der Waals surface area contributed by atoms with E-state index in [9.17, 15) is 25.1 Å². The Morgan fingerprint density at radius 2 is 1.79 bits per heavy atom. The van der Waals surface area contributed by atoms with Crippen molar-refractivity contribution in [1.29, 1.82) is 5.26 Å². The van der Waals surface area contributed by atoms with E-state index in [1.54, 1.807) is 18.2 Å². The number of nitrogens with zero attached hydrogens (tertiary/aromatic N) is 4. The van der Waals surface area contributed by atoms with Gasteiger partial charge in [0.15, 0.2) is 5.69 Å². The summed E-state index contributed by atoms with van der Waals surface area (Å²) in [6.07, 6.45) is 0. The Morgan fingerprint density at radius 3 is 2.48 bits per heavy atom. The van der Waals surface area contributed by atoms with E-state index >= 15 is 0 Å². The van der Waals surface area contributed by atoms with Gasteiger partial charge in [0.05, 0.1) is 15.6 Å². The average molecular weight is 404 g/mol. The first-order valence-corrected chi connectivity index (χ1v) is 9.22. The second-order valence-electron chi connectivity index (χ2n) is 6.08. The van der Waals surface area contributed by atoms with Gasteiger partial charge in [-0.25, -0.2) is 14.5 Å². The fraction of sp³-hybridized carbons (Fsp3) is 0.0500. The molecular weight excluding hydrogens is 392 g/mol. The van der Waals surface area contributed by atoms with Gasteiger partial charge in [0.25, 0.3) is 5.56 Å². The molecule has 2 N–H and O–H groups in total. The number of benzene rings is 2. The van der Waals surface area contributed by atoms with Crippen LogP contribution in [0.25, 0.3) is 26.6 Å². The lowest BCUT2D eigenvalue weighted by atomic mass is 10.1. The molecule has 2 heterocycles. The van der Waals surface area contributed by atoms with E-state index in [0.29, 0.717) is 10.5 Å². The van der Waals surface area contributed by atoms with Crippen LogP contribution in [0.2, 0.25) is 0 Å². The molecule has 0 spiro atoms. The first-order chi connectivity index (χ1) is 14.0. The summed E-state index contributed by atoms with van der Waals surface area (Å²) in [5.74, 6) is -1.72. The van der Waals surface area contributed by atoms with Crippen molar-refractivity contribution >= 4 is 43.9 Å². The number of fused-ring (bicyclic) bond motifs is 2. The van der Waals surface area contributed by atoms with Crippen molar-refractivity contribution in [3.8, 4) is 6.07 Å². The van der Waals surface area contributed by atoms with Crippen molar-refractivity contribution in [2.45, 2.75) is 6.54 Å². The van der Waals surface area contributed by atoms with E-state index in [1.807, 2.05) is 24.3 Å². The zero-order valence-corrected chi connectivity index (χ0v) is 15.6. The molecule has 0 radical (unpaired) electrons. The van der Waals surface area contributed by atoms with Crippen LogP contribution in [0.3, 0.4) is 0 Å². The summed E-state index contributed by atoms with van der Waals surface area (Å²) in [6, 6.07) is 15.4. The summed E-state index contributed by atoms with van der Waals surface area (Å²) in [7, 11) is 0. The van der Waals surface area contributed by atoms with E-state index in [4.69, 9.17) is 0 Å². The van der Waals surface area contributed by atoms with Gasteiger partial charge in [-0.1, -0.05) is 30.3 Å². The average Bonchev–Trinajstić information content (AvgIpc) is 3.14. The van der Waals surface area contributed by atoms with Crippen molar-refractivity contribution in [3.05, 3.63) is 75.3 Å². The molecule has 0 aliphatic heterocycles. The standard InChI is InChI=1S/C20H12N4O4S/c21-9-13(18-22-14-7-3-4-8-16(14)29-18)15(25)10-24-19(26)12-6-2-1-5-11(12)17(23-24)20(27)28/h1-8,25H,10H2,(H,27,28). The van der Waals surface area contributed by atoms with E-state index in [2.05, 4.69) is 10.1 Å². The Bertz CT molecular complexity index is 1380. The lowest BCUT2D eigenvalue weighted by molar-refractivity contribution is 0.0689. The maximum Gasteiger partial charge on any atom is 0.357 e. The number of aliphatic hydroxyl groups is 1. The first kappa shape index (κ1) is 18.3. The van der Waals surface area contributed by atoms with Crippen LogP contribution in [0.15, 0.2) is 59.1 Å². The fourth-order valence-electron chi connectivity index (χ4n) is 2.94. The van der Waals surface area contributed by atoms with Gasteiger partial charge in [-0.05, 0) is 18.2 Å². The van der Waals surface area contributed by atoms with Crippen LogP contribution in [0, 0.1) is 11.3 Å². The number of nitriles is 1. The Kier molecular flexibility index (Phi) is 4.54. The molecule has 2 aromatic carbocycles. The highest BCUT2D eigenvalue weighted by molar-refractivity contribution is 7.19. The van der Waals surface area contributed by atoms with Crippen LogP contribution in [0.4, 0.5) is 0 Å². The lowest BCUT2D eigenvalue weighted by Crippen LogP contribution is -2.27. The van der Waals surface area contributed by atoms with Gasteiger partial charge in [0.2, 0.25) is 0 Å². The summed E-state index contributed by atoms with van der Waals surface area (Å²) >= 11 is 1.23. The minimum Gasteiger partial charge on any atom is -0.509 e. The molecule has 8 nitrogen and oxygen atoms in total. The molecule has 0 saturated heterocycles. The summed E-state index contributed by atoms with van der Waals surface area (Å²) in [4.78, 5) is 28.6. The Morgan fingerprint density at radius 1 is 1.10 bits per heavy atom. The molecule has 9 heteroatoms. The number of hydrogen-bond acceptors (Lipinski definition) is 7. The number of aliphatic hydroxyl groups excluding tert-OH is 1. The molecule has 29 heavy (non-hydrogen) atoms. The van der Waals surface area contributed by atoms with Crippen molar-refractivity contribution in [3.63, 3.8) is 0 Å². The quantitative estimate of drug-likeness (QED) is 0.395. The van der Waals surface area contributed by atoms with Crippen LogP contribution >= 0.6 is 11.3 Å². The topological polar surface area (TPSA) is 129 Å². The molecular formula is C20H12N4O4S. The number of carboxylic acid groups (broad SMARTS) is 1. The number of carbonyl (C=O) groups is 1. The zero-order valence-electron chi connectivity index (χ0n) is 14.7. The number of para-hydroxylation sites is 1. The largest absolute Gasteiger partial charge is 0.509 e. The fourth-order valence-corrected chi connectivity index (χ4v) is 3.92. The van der Waals surface area contributed by atoms with Crippen LogP contribution in [-0.4, -0.2) is 30.9 Å². The minimum atomic E-state index is -1.30. The molecule has 0 aliphatic rings. The van der Waals surface area contributed by atoms with E-state index < -0.39 is 23.8 Å². The lowest BCUT2D eigenvalue weighted by Gasteiger charge is -2.09. The summed E-state index contributed by atoms with van der Waals surface area (Å²) in [6.45, 7) is -0.456. The first-order valence-electron chi connectivity index (χ1n) is 8.41. The highest BCUT2D eigenvalue weighted by Crippen LogP contribution is 2.28. The summed E-state index contributed by atoms with van der Waals surface area (Å²) < 4.78 is 1.68. The van der Waals surface area contributed by atoms with Gasteiger partial charge in [-0.3, -0.25) is 4.79 Å². The van der Waals surface area contributed by atoms with Crippen molar-refractivity contribution < 1.29 is 15.0 Å². The molecule has 0 atom stereocenters. The number of thiazole rings is 1. The van der Waals surface area contributed by atoms with E-state index in [1.165, 1.54) is 23.5 Å². The SMILES string of the molecule is N#CC(=C(O)Cn1nc(C(=O)O)c2ccccc2c1=O)c1nc2ccccc2s1. The highest BCUT2D eigenvalue weighted by Gasteiger charge is 2.19. The van der Waals surface area contributed by atoms with E-state index in [0.717, 1.165) is 9.38 Å². The molecule has 0 fully saturated rings. The monoisotopic (exact) mass is 404 g/mol. The predicted molar refractivity (Wildman–Crippen MR) is 108 cm³/mol. The van der Waals surface area contributed by atoms with Gasteiger partial charge < -0.3 is 10.2 Å². The summed E-state index contributed by atoms with van der Waals surface area (Å²) in [5, 5.41) is 34.1. The van der Waals surface area contributed by atoms with Crippen LogP contribution < -0.4 is 5.56 Å². The van der Waals surface area contributed by atoms with Gasteiger partial charge >= 0.3 is 5.97 Å². The van der Waals surface area contributed by atoms with Crippen LogP contribution in [0.1, 0.15) is 15.5 Å². The predicted octanol–water partition coefficient (Wildman–Crippen LogP) is 3.20.